The molecule has 0 saturated carbocycles. The number of allylic oxidation sites excluding steroid dienone is 1. The first kappa shape index (κ1) is 23.5. The fourth-order valence-electron chi connectivity index (χ4n) is 2.87. The van der Waals surface area contributed by atoms with E-state index in [1.54, 1.807) is 13.8 Å². The van der Waals surface area contributed by atoms with Crippen molar-refractivity contribution in [3.63, 3.8) is 0 Å². The number of aliphatic hydroxyl groups excluding tert-OH is 1. The molecule has 149 valence electrons. The molecule has 28 heavy (non-hydrogen) atoms. The van der Waals surface area contributed by atoms with E-state index in [1.807, 2.05) is 16.7 Å². The molecule has 0 aromatic heterocycles. The van der Waals surface area contributed by atoms with Crippen molar-refractivity contribution in [3.8, 4) is 0 Å². The van der Waals surface area contributed by atoms with Crippen molar-refractivity contribution in [3.05, 3.63) is 94.8 Å². The predicted molar refractivity (Wildman–Crippen MR) is 112 cm³/mol. The molecule has 1 radical (unpaired) electrons. The fourth-order valence-corrected chi connectivity index (χ4v) is 2.87. The molecule has 0 bridgehead atoms. The molecule has 1 N–H and O–H groups in total. The Morgan fingerprint density at radius 2 is 1.96 bits per heavy atom. The third-order valence-corrected chi connectivity index (χ3v) is 4.00. The van der Waals surface area contributed by atoms with Crippen LogP contribution in [-0.2, 0) is 24.5 Å². The van der Waals surface area contributed by atoms with E-state index < -0.39 is 0 Å². The van der Waals surface area contributed by atoms with Gasteiger partial charge in [0.2, 0.25) is 6.10 Å². The summed E-state index contributed by atoms with van der Waals surface area (Å²) in [5.41, 5.74) is 5.83. The summed E-state index contributed by atoms with van der Waals surface area (Å²) in [5.74, 6) is 0.228. The van der Waals surface area contributed by atoms with E-state index in [0.29, 0.717) is 6.10 Å². The molecule has 1 aliphatic heterocycles. The van der Waals surface area contributed by atoms with Gasteiger partial charge in [0.05, 0.1) is 11.7 Å². The summed E-state index contributed by atoms with van der Waals surface area (Å²) in [7, 11) is 0. The van der Waals surface area contributed by atoms with Crippen molar-refractivity contribution in [2.24, 2.45) is 0 Å². The van der Waals surface area contributed by atoms with Gasteiger partial charge in [0, 0.05) is 33.7 Å². The van der Waals surface area contributed by atoms with E-state index in [0.717, 1.165) is 22.9 Å². The SMILES string of the molecule is C=[N+]1c2ccccc2C=C[C-]1c1[c-]c(C)cc(C)c1.C=[O+][C-](C)/C=C(/C)O.[Ir]. The Morgan fingerprint density at radius 1 is 1.29 bits per heavy atom. The zero-order valence-corrected chi connectivity index (χ0v) is 19.1. The number of hydrogen-bond acceptors (Lipinski definition) is 1. The van der Waals surface area contributed by atoms with E-state index in [2.05, 4.69) is 74.3 Å². The van der Waals surface area contributed by atoms with Crippen LogP contribution in [0.4, 0.5) is 5.69 Å². The molecule has 0 aliphatic carbocycles. The van der Waals surface area contributed by atoms with Gasteiger partial charge in [0.15, 0.2) is 6.79 Å². The number of aryl methyl sites for hydroxylation is 2. The quantitative estimate of drug-likeness (QED) is 0.235. The summed E-state index contributed by atoms with van der Waals surface area (Å²) in [6.45, 7) is 14.8. The van der Waals surface area contributed by atoms with E-state index >= 15 is 0 Å². The Kier molecular flexibility index (Phi) is 8.97. The van der Waals surface area contributed by atoms with E-state index in [1.165, 1.54) is 17.2 Å². The van der Waals surface area contributed by atoms with Crippen LogP contribution in [0.15, 0.2) is 54.3 Å². The first-order chi connectivity index (χ1) is 12.8. The minimum atomic E-state index is 0. The van der Waals surface area contributed by atoms with Crippen molar-refractivity contribution in [2.45, 2.75) is 27.7 Å². The maximum atomic E-state index is 8.59. The Hall–Kier alpha value is -2.55. The molecule has 0 saturated heterocycles. The maximum Gasteiger partial charge on any atom is 0.217 e. The molecule has 0 fully saturated rings. The van der Waals surface area contributed by atoms with E-state index in [4.69, 9.17) is 5.11 Å². The molecule has 1 heterocycles. The van der Waals surface area contributed by atoms with Gasteiger partial charge in [-0.25, -0.2) is 0 Å². The van der Waals surface area contributed by atoms with Gasteiger partial charge in [-0.1, -0.05) is 50.6 Å². The second-order valence-corrected chi connectivity index (χ2v) is 6.50. The average molecular weight is 553 g/mol. The molecule has 2 aromatic carbocycles. The van der Waals surface area contributed by atoms with Gasteiger partial charge in [0.1, 0.15) is 0 Å². The van der Waals surface area contributed by atoms with Gasteiger partial charge in [-0.2, -0.15) is 18.2 Å². The minimum Gasteiger partial charge on any atom is -0.569 e. The zero-order valence-electron chi connectivity index (χ0n) is 16.7. The smallest absolute Gasteiger partial charge is 0.217 e. The molecule has 0 spiro atoms. The van der Waals surface area contributed by atoms with Crippen molar-refractivity contribution in [1.82, 2.24) is 0 Å². The molecular formula is C24H26IrNO2-. The monoisotopic (exact) mass is 553 g/mol. The van der Waals surface area contributed by atoms with Crippen LogP contribution in [0.3, 0.4) is 0 Å². The van der Waals surface area contributed by atoms with Crippen LogP contribution in [0.1, 0.15) is 36.1 Å². The van der Waals surface area contributed by atoms with Gasteiger partial charge in [-0.15, -0.1) is 22.8 Å². The number of aliphatic hydroxyl groups is 1. The van der Waals surface area contributed by atoms with Gasteiger partial charge in [0.25, 0.3) is 0 Å². The second kappa shape index (κ2) is 10.7. The van der Waals surface area contributed by atoms with Crippen LogP contribution >= 0.6 is 0 Å². The minimum absolute atomic E-state index is 0. The Labute approximate surface area is 181 Å². The van der Waals surface area contributed by atoms with Crippen LogP contribution < -0.4 is 0 Å². The fraction of sp³-hybridized carbons (Fsp3) is 0.167. The summed E-state index contributed by atoms with van der Waals surface area (Å²) >= 11 is 0. The number of rotatable bonds is 3. The first-order valence-electron chi connectivity index (χ1n) is 8.70. The van der Waals surface area contributed by atoms with Gasteiger partial charge >= 0.3 is 0 Å². The summed E-state index contributed by atoms with van der Waals surface area (Å²) in [4.78, 5) is 0. The number of fused-ring (bicyclic) bond motifs is 1. The molecule has 3 nitrogen and oxygen atoms in total. The molecule has 4 heteroatoms. The van der Waals surface area contributed by atoms with Crippen molar-refractivity contribution < 1.29 is 34.2 Å². The predicted octanol–water partition coefficient (Wildman–Crippen LogP) is 5.42. The topological polar surface area (TPSA) is 34.5 Å². The normalized spacial score (nSPS) is 12.4. The number of hydrogen-bond donors (Lipinski definition) is 1. The molecular weight excluding hydrogens is 526 g/mol. The van der Waals surface area contributed by atoms with Gasteiger partial charge in [-0.05, 0) is 17.9 Å². The van der Waals surface area contributed by atoms with Crippen LogP contribution in [0.5, 0.6) is 0 Å². The third kappa shape index (κ3) is 6.26. The number of nitrogens with zero attached hydrogens (tertiary/aromatic N) is 1. The van der Waals surface area contributed by atoms with E-state index in [9.17, 15) is 0 Å². The standard InChI is InChI=1S/C18H16N.C6H10O2.Ir/c1-13-10-14(2)12-16(11-13)18-9-8-15-6-4-5-7-17(15)19(18)3;1-5(7)4-6(2)8-3;/h4-11H,3H2,1-2H3;4,7H,3H2,1-2H3;/q-1;;/b;5-4-;. The maximum absolute atomic E-state index is 8.59. The second-order valence-electron chi connectivity index (χ2n) is 6.50. The van der Waals surface area contributed by atoms with Crippen molar-refractivity contribution in [2.75, 3.05) is 0 Å². The van der Waals surface area contributed by atoms with Gasteiger partial charge in [-0.3, -0.25) is 0 Å². The zero-order chi connectivity index (χ0) is 20.0. The largest absolute Gasteiger partial charge is 0.569 e. The average Bonchev–Trinajstić information content (AvgIpc) is 2.61. The number of carbonyl (C=O) groups excluding carboxylic acids is 1. The Morgan fingerprint density at radius 3 is 2.54 bits per heavy atom. The molecule has 2 aromatic rings. The van der Waals surface area contributed by atoms with Crippen LogP contribution in [0.2, 0.25) is 0 Å². The summed E-state index contributed by atoms with van der Waals surface area (Å²) in [5, 5.41) is 8.59. The summed E-state index contributed by atoms with van der Waals surface area (Å²) in [6.07, 6.45) is 6.34. The molecule has 3 rings (SSSR count). The van der Waals surface area contributed by atoms with Gasteiger partial charge < -0.3 is 14.1 Å². The van der Waals surface area contributed by atoms with E-state index in [-0.39, 0.29) is 25.9 Å². The molecule has 0 amide bonds. The molecule has 0 unspecified atom stereocenters. The number of benzene rings is 2. The summed E-state index contributed by atoms with van der Waals surface area (Å²) in [6, 6.07) is 17.1. The molecule has 1 aliphatic rings. The van der Waals surface area contributed by atoms with Crippen molar-refractivity contribution in [1.29, 1.82) is 0 Å². The third-order valence-electron chi connectivity index (χ3n) is 4.00. The Balaban J connectivity index is 0.000000376. The molecule has 0 atom stereocenters. The van der Waals surface area contributed by atoms with Crippen molar-refractivity contribution >= 4 is 25.3 Å². The van der Waals surface area contributed by atoms with Crippen LogP contribution in [0, 0.1) is 32.1 Å². The van der Waals surface area contributed by atoms with Crippen LogP contribution in [0.25, 0.3) is 6.08 Å². The summed E-state index contributed by atoms with van der Waals surface area (Å²) < 4.78 is 6.48. The first-order valence-corrected chi connectivity index (χ1v) is 8.70. The Bertz CT molecular complexity index is 875. The van der Waals surface area contributed by atoms with Crippen LogP contribution in [-0.4, -0.2) is 23.2 Å². The number of para-hydroxylation sites is 1.